The number of nitrogens with zero attached hydrogens (tertiary/aromatic N) is 1. The van der Waals surface area contributed by atoms with E-state index in [2.05, 4.69) is 27.8 Å². The maximum Gasteiger partial charge on any atom is 0.272 e. The highest BCUT2D eigenvalue weighted by atomic mass is 35.5. The first-order valence-corrected chi connectivity index (χ1v) is 8.83. The number of H-pyrrole nitrogens is 1. The van der Waals surface area contributed by atoms with Crippen molar-refractivity contribution in [1.82, 2.24) is 20.8 Å². The summed E-state index contributed by atoms with van der Waals surface area (Å²) in [5.74, 6) is 0.799. The van der Waals surface area contributed by atoms with Crippen molar-refractivity contribution in [2.24, 2.45) is 11.8 Å². The van der Waals surface area contributed by atoms with Crippen LogP contribution in [0, 0.1) is 18.8 Å². The molecule has 1 aromatic heterocycles. The molecule has 1 aliphatic carbocycles. The van der Waals surface area contributed by atoms with Gasteiger partial charge >= 0.3 is 0 Å². The summed E-state index contributed by atoms with van der Waals surface area (Å²) in [4.78, 5) is 12.7. The average Bonchev–Trinajstić information content (AvgIpc) is 2.91. The molecule has 4 N–H and O–H groups in total. The number of aryl methyl sites for hydroxylation is 1. The number of hydrogen-bond donors (Lipinski definition) is 4. The van der Waals surface area contributed by atoms with Gasteiger partial charge in [-0.1, -0.05) is 6.92 Å². The number of carbonyl (C=O) groups is 1. The Morgan fingerprint density at radius 1 is 1.33 bits per heavy atom. The van der Waals surface area contributed by atoms with E-state index in [1.165, 1.54) is 0 Å². The molecule has 1 aromatic rings. The number of carbonyl (C=O) groups excluding carboxylic acids is 1. The van der Waals surface area contributed by atoms with Crippen molar-refractivity contribution >= 4 is 18.3 Å². The van der Waals surface area contributed by atoms with E-state index in [0.29, 0.717) is 17.5 Å². The van der Waals surface area contributed by atoms with Crippen LogP contribution in [-0.4, -0.2) is 46.4 Å². The molecule has 2 heterocycles. The predicted molar refractivity (Wildman–Crippen MR) is 95.5 cm³/mol. The highest BCUT2D eigenvalue weighted by molar-refractivity contribution is 5.94. The summed E-state index contributed by atoms with van der Waals surface area (Å²) in [5, 5.41) is 23.4. The SMILES string of the molecule is CCc1[nH]nc(C(=O)NC(C2CCNCC2)C2CC(O)C2)c1C.Cl. The van der Waals surface area contributed by atoms with Gasteiger partial charge in [0, 0.05) is 17.3 Å². The Hall–Kier alpha value is -1.11. The highest BCUT2D eigenvalue weighted by Gasteiger charge is 2.39. The van der Waals surface area contributed by atoms with Crippen molar-refractivity contribution < 1.29 is 9.90 Å². The van der Waals surface area contributed by atoms with Crippen LogP contribution >= 0.6 is 12.4 Å². The van der Waals surface area contributed by atoms with E-state index >= 15 is 0 Å². The fourth-order valence-electron chi connectivity index (χ4n) is 3.97. The largest absolute Gasteiger partial charge is 0.393 e. The van der Waals surface area contributed by atoms with Gasteiger partial charge in [-0.2, -0.15) is 5.10 Å². The number of amides is 1. The third-order valence-corrected chi connectivity index (χ3v) is 5.53. The lowest BCUT2D eigenvalue weighted by atomic mass is 9.71. The zero-order valence-corrected chi connectivity index (χ0v) is 15.3. The first kappa shape index (κ1) is 19.2. The van der Waals surface area contributed by atoms with E-state index in [-0.39, 0.29) is 30.5 Å². The van der Waals surface area contributed by atoms with Crippen LogP contribution in [0.2, 0.25) is 0 Å². The smallest absolute Gasteiger partial charge is 0.272 e. The molecule has 1 saturated heterocycles. The molecule has 1 saturated carbocycles. The van der Waals surface area contributed by atoms with Crippen molar-refractivity contribution in [2.75, 3.05) is 13.1 Å². The Morgan fingerprint density at radius 3 is 2.54 bits per heavy atom. The number of aliphatic hydroxyl groups is 1. The van der Waals surface area contributed by atoms with Gasteiger partial charge in [-0.25, -0.2) is 0 Å². The molecule has 6 nitrogen and oxygen atoms in total. The van der Waals surface area contributed by atoms with Gasteiger partial charge in [0.15, 0.2) is 5.69 Å². The predicted octanol–water partition coefficient (Wildman–Crippen LogP) is 1.57. The van der Waals surface area contributed by atoms with Crippen molar-refractivity contribution in [3.8, 4) is 0 Å². The third kappa shape index (κ3) is 3.92. The Labute approximate surface area is 149 Å². The molecule has 1 amide bonds. The fraction of sp³-hybridized carbons (Fsp3) is 0.765. The molecule has 2 aliphatic rings. The van der Waals surface area contributed by atoms with E-state index in [1.54, 1.807) is 0 Å². The number of halogens is 1. The van der Waals surface area contributed by atoms with Crippen LogP contribution in [0.15, 0.2) is 0 Å². The molecule has 3 rings (SSSR count). The fourth-order valence-corrected chi connectivity index (χ4v) is 3.97. The molecule has 1 aliphatic heterocycles. The topological polar surface area (TPSA) is 90.0 Å². The number of aromatic amines is 1. The van der Waals surface area contributed by atoms with E-state index in [9.17, 15) is 9.90 Å². The molecule has 0 aromatic carbocycles. The standard InChI is InChI=1S/C17H28N4O2.ClH/c1-3-14-10(2)15(21-20-14)17(23)19-16(12-8-13(22)9-12)11-4-6-18-7-5-11;/h11-13,16,18,22H,3-9H2,1-2H3,(H,19,23)(H,20,21);1H. The molecular weight excluding hydrogens is 328 g/mol. The molecule has 136 valence electrons. The summed E-state index contributed by atoms with van der Waals surface area (Å²) in [7, 11) is 0. The molecule has 24 heavy (non-hydrogen) atoms. The second-order valence-electron chi connectivity index (χ2n) is 7.00. The monoisotopic (exact) mass is 356 g/mol. The lowest BCUT2D eigenvalue weighted by Crippen LogP contribution is -2.53. The maximum absolute atomic E-state index is 12.7. The summed E-state index contributed by atoms with van der Waals surface area (Å²) in [6.07, 6.45) is 4.41. The summed E-state index contributed by atoms with van der Waals surface area (Å²) >= 11 is 0. The van der Waals surface area contributed by atoms with Gasteiger partial charge in [-0.15, -0.1) is 12.4 Å². The van der Waals surface area contributed by atoms with Crippen LogP contribution in [0.1, 0.15) is 54.4 Å². The minimum atomic E-state index is -0.195. The first-order valence-electron chi connectivity index (χ1n) is 8.83. The third-order valence-electron chi connectivity index (χ3n) is 5.53. The van der Waals surface area contributed by atoms with Crippen LogP contribution in [0.25, 0.3) is 0 Å². The minimum Gasteiger partial charge on any atom is -0.393 e. The second kappa shape index (κ2) is 8.32. The molecular formula is C17H29ClN4O2. The number of aliphatic hydroxyl groups excluding tert-OH is 1. The molecule has 1 unspecified atom stereocenters. The number of aromatic nitrogens is 2. The lowest BCUT2D eigenvalue weighted by Gasteiger charge is -2.43. The summed E-state index contributed by atoms with van der Waals surface area (Å²) < 4.78 is 0. The number of hydrogen-bond acceptors (Lipinski definition) is 4. The van der Waals surface area contributed by atoms with Crippen LogP contribution in [0.4, 0.5) is 0 Å². The van der Waals surface area contributed by atoms with Gasteiger partial charge in [-0.05, 0) is 64.0 Å². The van der Waals surface area contributed by atoms with E-state index < -0.39 is 0 Å². The number of piperidine rings is 1. The molecule has 0 spiro atoms. The van der Waals surface area contributed by atoms with Crippen LogP contribution in [0.3, 0.4) is 0 Å². The summed E-state index contributed by atoms with van der Waals surface area (Å²) in [5.41, 5.74) is 2.48. The Bertz CT molecular complexity index is 551. The van der Waals surface area contributed by atoms with Gasteiger partial charge in [0.2, 0.25) is 0 Å². The maximum atomic E-state index is 12.7. The number of rotatable bonds is 5. The van der Waals surface area contributed by atoms with Crippen LogP contribution in [-0.2, 0) is 6.42 Å². The quantitative estimate of drug-likeness (QED) is 0.644. The zero-order chi connectivity index (χ0) is 16.4. The van der Waals surface area contributed by atoms with Crippen molar-refractivity contribution in [3.63, 3.8) is 0 Å². The van der Waals surface area contributed by atoms with Gasteiger partial charge in [0.05, 0.1) is 6.10 Å². The normalized spacial score (nSPS) is 25.5. The zero-order valence-electron chi connectivity index (χ0n) is 14.5. The van der Waals surface area contributed by atoms with Gasteiger partial charge in [0.1, 0.15) is 0 Å². The Morgan fingerprint density at radius 2 is 2.00 bits per heavy atom. The summed E-state index contributed by atoms with van der Waals surface area (Å²) in [6, 6.07) is 0.147. The van der Waals surface area contributed by atoms with Crippen molar-refractivity contribution in [3.05, 3.63) is 17.0 Å². The average molecular weight is 357 g/mol. The van der Waals surface area contributed by atoms with Crippen molar-refractivity contribution in [2.45, 2.75) is 58.1 Å². The van der Waals surface area contributed by atoms with Gasteiger partial charge in [0.25, 0.3) is 5.91 Å². The van der Waals surface area contributed by atoms with Gasteiger partial charge < -0.3 is 15.7 Å². The molecule has 0 bridgehead atoms. The van der Waals surface area contributed by atoms with Gasteiger partial charge in [-0.3, -0.25) is 9.89 Å². The van der Waals surface area contributed by atoms with E-state index in [0.717, 1.165) is 56.5 Å². The summed E-state index contributed by atoms with van der Waals surface area (Å²) in [6.45, 7) is 6.01. The lowest BCUT2D eigenvalue weighted by molar-refractivity contribution is 0.00912. The van der Waals surface area contributed by atoms with Crippen LogP contribution < -0.4 is 10.6 Å². The molecule has 7 heteroatoms. The Kier molecular flexibility index (Phi) is 6.66. The Balaban J connectivity index is 0.00000208. The van der Waals surface area contributed by atoms with Crippen LogP contribution in [0.5, 0.6) is 0 Å². The van der Waals surface area contributed by atoms with E-state index in [4.69, 9.17) is 0 Å². The number of nitrogens with one attached hydrogen (secondary N) is 3. The molecule has 0 radical (unpaired) electrons. The first-order chi connectivity index (χ1) is 11.1. The molecule has 1 atom stereocenters. The second-order valence-corrected chi connectivity index (χ2v) is 7.00. The minimum absolute atomic E-state index is 0. The highest BCUT2D eigenvalue weighted by Crippen LogP contribution is 2.36. The molecule has 2 fully saturated rings. The van der Waals surface area contributed by atoms with Crippen molar-refractivity contribution in [1.29, 1.82) is 0 Å². The van der Waals surface area contributed by atoms with E-state index in [1.807, 2.05) is 6.92 Å².